The van der Waals surface area contributed by atoms with Crippen molar-refractivity contribution in [2.24, 2.45) is 11.3 Å². The summed E-state index contributed by atoms with van der Waals surface area (Å²) in [5.74, 6) is -1.04. The fourth-order valence-corrected chi connectivity index (χ4v) is 4.77. The van der Waals surface area contributed by atoms with Crippen molar-refractivity contribution in [3.8, 4) is 0 Å². The highest BCUT2D eigenvalue weighted by Crippen LogP contribution is 2.52. The van der Waals surface area contributed by atoms with E-state index in [9.17, 15) is 14.8 Å². The van der Waals surface area contributed by atoms with E-state index < -0.39 is 17.9 Å². The summed E-state index contributed by atoms with van der Waals surface area (Å²) >= 11 is 0. The van der Waals surface area contributed by atoms with Gasteiger partial charge in [-0.05, 0) is 47.8 Å². The average molecular weight is 399 g/mol. The van der Waals surface area contributed by atoms with E-state index >= 15 is 0 Å². The Morgan fingerprint density at radius 3 is 2.66 bits per heavy atom. The Bertz CT molecular complexity index is 804. The summed E-state index contributed by atoms with van der Waals surface area (Å²) in [5.41, 5.74) is 5.25. The van der Waals surface area contributed by atoms with Crippen LogP contribution in [0.15, 0.2) is 35.9 Å². The van der Waals surface area contributed by atoms with Crippen molar-refractivity contribution in [3.05, 3.63) is 41.5 Å². The van der Waals surface area contributed by atoms with Crippen molar-refractivity contribution >= 4 is 17.3 Å². The van der Waals surface area contributed by atoms with Gasteiger partial charge in [0, 0.05) is 20.2 Å². The van der Waals surface area contributed by atoms with Crippen LogP contribution < -0.4 is 16.1 Å². The summed E-state index contributed by atoms with van der Waals surface area (Å²) in [6, 6.07) is 9.08. The van der Waals surface area contributed by atoms with Crippen LogP contribution in [0.2, 0.25) is 0 Å². The third-order valence-corrected chi connectivity index (χ3v) is 6.64. The van der Waals surface area contributed by atoms with Crippen molar-refractivity contribution in [1.29, 1.82) is 0 Å². The first-order chi connectivity index (χ1) is 14.1. The molecule has 1 saturated carbocycles. The largest absolute Gasteiger partial charge is 0.380 e. The maximum absolute atomic E-state index is 13.4. The molecule has 3 unspecified atom stereocenters. The zero-order valence-corrected chi connectivity index (χ0v) is 16.7. The van der Waals surface area contributed by atoms with E-state index in [-0.39, 0.29) is 17.2 Å². The predicted molar refractivity (Wildman–Crippen MR) is 108 cm³/mol. The van der Waals surface area contributed by atoms with Crippen molar-refractivity contribution in [2.75, 3.05) is 26.8 Å². The lowest BCUT2D eigenvalue weighted by molar-refractivity contribution is -0.140. The Hall–Kier alpha value is -2.06. The first kappa shape index (κ1) is 20.2. The van der Waals surface area contributed by atoms with E-state index in [0.717, 1.165) is 36.1 Å². The fraction of sp³-hybridized carbons (Fsp3) is 0.545. The third-order valence-electron chi connectivity index (χ3n) is 6.64. The van der Waals surface area contributed by atoms with Crippen molar-refractivity contribution in [3.63, 3.8) is 0 Å². The molecule has 0 radical (unpaired) electrons. The highest BCUT2D eigenvalue weighted by Gasteiger charge is 2.52. The standard InChI is InChI=1S/C22H29N3O4/c1-29-12-15-11-23-18(9-16(15)14-5-3-2-4-6-14)20(26)19-17(21(27)25-28)10-22(7-8-22)13-24-19/h2-6,17-19,23-24,28H,7-13H2,1H3,(H,25,27). The van der Waals surface area contributed by atoms with Crippen LogP contribution in [-0.4, -0.2) is 55.8 Å². The summed E-state index contributed by atoms with van der Waals surface area (Å²) in [6.45, 7) is 1.83. The third kappa shape index (κ3) is 4.14. The lowest BCUT2D eigenvalue weighted by Gasteiger charge is -2.38. The van der Waals surface area contributed by atoms with Gasteiger partial charge in [0.25, 0.3) is 0 Å². The minimum atomic E-state index is -0.591. The van der Waals surface area contributed by atoms with Gasteiger partial charge < -0.3 is 15.4 Å². The molecule has 156 valence electrons. The van der Waals surface area contributed by atoms with Crippen molar-refractivity contribution in [2.45, 2.75) is 37.8 Å². The number of piperidine rings is 1. The molecule has 0 aromatic heterocycles. The lowest BCUT2D eigenvalue weighted by Crippen LogP contribution is -2.59. The Balaban J connectivity index is 1.55. The molecule has 7 nitrogen and oxygen atoms in total. The highest BCUT2D eigenvalue weighted by molar-refractivity contribution is 5.96. The second-order valence-electron chi connectivity index (χ2n) is 8.57. The van der Waals surface area contributed by atoms with Gasteiger partial charge in [0.1, 0.15) is 0 Å². The first-order valence-corrected chi connectivity index (χ1v) is 10.3. The molecule has 29 heavy (non-hydrogen) atoms. The maximum atomic E-state index is 13.4. The SMILES string of the molecule is COCC1=C(c2ccccc2)CC(C(=O)C2NCC3(CC3)CC2C(=O)NO)NC1. The molecule has 2 fully saturated rings. The zero-order valence-electron chi connectivity index (χ0n) is 16.7. The number of ether oxygens (including phenoxy) is 1. The Kier molecular flexibility index (Phi) is 5.83. The molecular weight excluding hydrogens is 370 g/mol. The molecule has 1 aliphatic carbocycles. The second-order valence-corrected chi connectivity index (χ2v) is 8.57. The van der Waals surface area contributed by atoms with Gasteiger partial charge in [0.2, 0.25) is 5.91 Å². The Morgan fingerprint density at radius 1 is 1.24 bits per heavy atom. The van der Waals surface area contributed by atoms with E-state index in [1.165, 1.54) is 0 Å². The monoisotopic (exact) mass is 399 g/mol. The first-order valence-electron chi connectivity index (χ1n) is 10.3. The molecule has 4 rings (SSSR count). The van der Waals surface area contributed by atoms with Gasteiger partial charge in [-0.25, -0.2) is 5.48 Å². The van der Waals surface area contributed by atoms with Crippen LogP contribution in [0.5, 0.6) is 0 Å². The summed E-state index contributed by atoms with van der Waals surface area (Å²) in [6.07, 6.45) is 3.34. The molecule has 1 saturated heterocycles. The van der Waals surface area contributed by atoms with Crippen LogP contribution in [0.4, 0.5) is 0 Å². The van der Waals surface area contributed by atoms with E-state index in [2.05, 4.69) is 22.8 Å². The number of Topliss-reactive ketones (excluding diaryl/α,β-unsaturated/α-hetero) is 1. The number of amides is 1. The van der Waals surface area contributed by atoms with Crippen LogP contribution in [0.1, 0.15) is 31.2 Å². The number of hydrogen-bond acceptors (Lipinski definition) is 6. The molecule has 2 aliphatic heterocycles. The molecule has 3 aliphatic rings. The number of carbonyl (C=O) groups is 2. The van der Waals surface area contributed by atoms with Gasteiger partial charge in [-0.3, -0.25) is 14.8 Å². The molecule has 1 aromatic rings. The van der Waals surface area contributed by atoms with E-state index in [1.807, 2.05) is 18.2 Å². The average Bonchev–Trinajstić information content (AvgIpc) is 3.52. The van der Waals surface area contributed by atoms with Crippen LogP contribution in [0.3, 0.4) is 0 Å². The number of hydrogen-bond donors (Lipinski definition) is 4. The molecule has 2 heterocycles. The van der Waals surface area contributed by atoms with E-state index in [4.69, 9.17) is 4.74 Å². The van der Waals surface area contributed by atoms with Crippen LogP contribution in [-0.2, 0) is 14.3 Å². The van der Waals surface area contributed by atoms with Gasteiger partial charge >= 0.3 is 0 Å². The number of methoxy groups -OCH3 is 1. The number of ketones is 1. The summed E-state index contributed by atoms with van der Waals surface area (Å²) in [5, 5.41) is 15.9. The van der Waals surface area contributed by atoms with Crippen LogP contribution in [0.25, 0.3) is 5.57 Å². The Labute approximate surface area is 170 Å². The molecule has 1 aromatic carbocycles. The lowest BCUT2D eigenvalue weighted by atomic mass is 9.77. The van der Waals surface area contributed by atoms with Gasteiger partial charge in [0.15, 0.2) is 5.78 Å². The minimum absolute atomic E-state index is 0.0148. The molecule has 1 spiro atoms. The number of benzene rings is 1. The quantitative estimate of drug-likeness (QED) is 0.425. The fourth-order valence-electron chi connectivity index (χ4n) is 4.77. The van der Waals surface area contributed by atoms with Crippen LogP contribution in [0, 0.1) is 11.3 Å². The van der Waals surface area contributed by atoms with Gasteiger partial charge in [-0.15, -0.1) is 0 Å². The van der Waals surface area contributed by atoms with Gasteiger partial charge in [-0.1, -0.05) is 30.3 Å². The highest BCUT2D eigenvalue weighted by atomic mass is 16.5. The summed E-state index contributed by atoms with van der Waals surface area (Å²) in [7, 11) is 1.67. The van der Waals surface area contributed by atoms with Crippen molar-refractivity contribution < 1.29 is 19.5 Å². The van der Waals surface area contributed by atoms with Crippen molar-refractivity contribution in [1.82, 2.24) is 16.1 Å². The number of rotatable bonds is 6. The molecule has 1 amide bonds. The minimum Gasteiger partial charge on any atom is -0.380 e. The Morgan fingerprint density at radius 2 is 2.00 bits per heavy atom. The number of hydroxylamine groups is 1. The van der Waals surface area contributed by atoms with E-state index in [0.29, 0.717) is 26.0 Å². The normalized spacial score (nSPS) is 28.3. The number of nitrogens with one attached hydrogen (secondary N) is 3. The topological polar surface area (TPSA) is 99.7 Å². The van der Waals surface area contributed by atoms with Crippen LogP contribution >= 0.6 is 0 Å². The molecule has 0 bridgehead atoms. The smallest absolute Gasteiger partial charge is 0.248 e. The second kappa shape index (κ2) is 8.36. The predicted octanol–water partition coefficient (Wildman–Crippen LogP) is 1.28. The summed E-state index contributed by atoms with van der Waals surface area (Å²) < 4.78 is 5.36. The maximum Gasteiger partial charge on any atom is 0.248 e. The molecule has 7 heteroatoms. The number of carbonyl (C=O) groups excluding carboxylic acids is 2. The molecule has 3 atom stereocenters. The molecule has 4 N–H and O–H groups in total. The van der Waals surface area contributed by atoms with Gasteiger partial charge in [0.05, 0.1) is 24.6 Å². The zero-order chi connectivity index (χ0) is 20.4. The summed E-state index contributed by atoms with van der Waals surface area (Å²) in [4.78, 5) is 25.7. The molecular formula is C22H29N3O4. The van der Waals surface area contributed by atoms with Gasteiger partial charge in [-0.2, -0.15) is 0 Å². The van der Waals surface area contributed by atoms with E-state index in [1.54, 1.807) is 12.6 Å².